The van der Waals surface area contributed by atoms with Crippen molar-refractivity contribution < 1.29 is 19.1 Å². The molecule has 5 nitrogen and oxygen atoms in total. The Morgan fingerprint density at radius 2 is 1.88 bits per heavy atom. The zero-order valence-corrected chi connectivity index (χ0v) is 14.3. The molecule has 1 amide bonds. The van der Waals surface area contributed by atoms with Crippen LogP contribution in [0.5, 0.6) is 0 Å². The lowest BCUT2D eigenvalue weighted by molar-refractivity contribution is 0.0698. The average Bonchev–Trinajstić information content (AvgIpc) is 2.60. The number of carbonyl (C=O) groups is 2. The van der Waals surface area contributed by atoms with E-state index in [0.29, 0.717) is 0 Å². The summed E-state index contributed by atoms with van der Waals surface area (Å²) in [5.41, 5.74) is 0.705. The van der Waals surface area contributed by atoms with Gasteiger partial charge >= 0.3 is 5.97 Å². The summed E-state index contributed by atoms with van der Waals surface area (Å²) >= 11 is 0. The third-order valence-electron chi connectivity index (χ3n) is 3.89. The number of amides is 1. The van der Waals surface area contributed by atoms with Gasteiger partial charge in [0.05, 0.1) is 16.8 Å². The molecule has 2 aromatic carbocycles. The van der Waals surface area contributed by atoms with E-state index in [0.717, 1.165) is 25.1 Å². The molecule has 0 bridgehead atoms. The molecule has 0 spiro atoms. The SMILES string of the molecule is CCCCN(C)c1ccc(NC(=O)c2ccccc2F)c(C(=O)O)c1. The van der Waals surface area contributed by atoms with Crippen molar-refractivity contribution in [2.24, 2.45) is 0 Å². The Hall–Kier alpha value is -2.89. The molecule has 0 aromatic heterocycles. The topological polar surface area (TPSA) is 69.6 Å². The first-order chi connectivity index (χ1) is 11.9. The number of nitrogens with zero attached hydrogens (tertiary/aromatic N) is 1. The van der Waals surface area contributed by atoms with Crippen LogP contribution in [0.2, 0.25) is 0 Å². The quantitative estimate of drug-likeness (QED) is 0.796. The Balaban J connectivity index is 2.27. The van der Waals surface area contributed by atoms with Gasteiger partial charge in [-0.2, -0.15) is 0 Å². The molecular formula is C19H21FN2O3. The minimum Gasteiger partial charge on any atom is -0.478 e. The first-order valence-electron chi connectivity index (χ1n) is 8.08. The zero-order chi connectivity index (χ0) is 18.4. The smallest absolute Gasteiger partial charge is 0.337 e. The lowest BCUT2D eigenvalue weighted by atomic mass is 10.1. The highest BCUT2D eigenvalue weighted by Crippen LogP contribution is 2.24. The highest BCUT2D eigenvalue weighted by Gasteiger charge is 2.17. The van der Waals surface area contributed by atoms with Gasteiger partial charge in [-0.1, -0.05) is 25.5 Å². The van der Waals surface area contributed by atoms with Gasteiger partial charge < -0.3 is 15.3 Å². The Bertz CT molecular complexity index is 777. The molecule has 2 rings (SSSR count). The van der Waals surface area contributed by atoms with Crippen LogP contribution >= 0.6 is 0 Å². The number of hydrogen-bond acceptors (Lipinski definition) is 3. The van der Waals surface area contributed by atoms with Crippen LogP contribution in [0.15, 0.2) is 42.5 Å². The van der Waals surface area contributed by atoms with E-state index in [1.54, 1.807) is 12.1 Å². The molecule has 6 heteroatoms. The highest BCUT2D eigenvalue weighted by molar-refractivity contribution is 6.08. The summed E-state index contributed by atoms with van der Waals surface area (Å²) in [6, 6.07) is 10.3. The van der Waals surface area contributed by atoms with Crippen LogP contribution in [0.25, 0.3) is 0 Å². The van der Waals surface area contributed by atoms with Crippen molar-refractivity contribution in [3.8, 4) is 0 Å². The minimum atomic E-state index is -1.16. The van der Waals surface area contributed by atoms with Gasteiger partial charge in [0.1, 0.15) is 5.82 Å². The van der Waals surface area contributed by atoms with E-state index in [1.807, 2.05) is 11.9 Å². The maximum absolute atomic E-state index is 13.7. The second-order valence-corrected chi connectivity index (χ2v) is 5.74. The van der Waals surface area contributed by atoms with E-state index in [4.69, 9.17) is 0 Å². The summed E-state index contributed by atoms with van der Waals surface area (Å²) in [4.78, 5) is 25.7. The Morgan fingerprint density at radius 3 is 2.52 bits per heavy atom. The van der Waals surface area contributed by atoms with Crippen molar-refractivity contribution in [2.75, 3.05) is 23.8 Å². The number of anilines is 2. The molecule has 0 unspecified atom stereocenters. The van der Waals surface area contributed by atoms with E-state index in [-0.39, 0.29) is 16.8 Å². The van der Waals surface area contributed by atoms with E-state index in [2.05, 4.69) is 12.2 Å². The maximum atomic E-state index is 13.7. The van der Waals surface area contributed by atoms with Gasteiger partial charge in [0.25, 0.3) is 5.91 Å². The van der Waals surface area contributed by atoms with Crippen LogP contribution in [-0.4, -0.2) is 30.6 Å². The number of hydrogen-bond donors (Lipinski definition) is 2. The molecule has 25 heavy (non-hydrogen) atoms. The first-order valence-corrected chi connectivity index (χ1v) is 8.08. The fourth-order valence-electron chi connectivity index (χ4n) is 2.41. The first kappa shape index (κ1) is 18.4. The van der Waals surface area contributed by atoms with Crippen LogP contribution in [0.1, 0.15) is 40.5 Å². The molecular weight excluding hydrogens is 323 g/mol. The monoisotopic (exact) mass is 344 g/mol. The molecule has 132 valence electrons. The molecule has 2 N–H and O–H groups in total. The number of nitrogens with one attached hydrogen (secondary N) is 1. The van der Waals surface area contributed by atoms with Crippen molar-refractivity contribution in [3.05, 3.63) is 59.4 Å². The van der Waals surface area contributed by atoms with Crippen LogP contribution in [0.3, 0.4) is 0 Å². The van der Waals surface area contributed by atoms with Gasteiger partial charge in [-0.3, -0.25) is 4.79 Å². The second kappa shape index (κ2) is 8.28. The van der Waals surface area contributed by atoms with Gasteiger partial charge in [-0.25, -0.2) is 9.18 Å². The van der Waals surface area contributed by atoms with Gasteiger partial charge in [0, 0.05) is 19.3 Å². The molecule has 0 saturated heterocycles. The summed E-state index contributed by atoms with van der Waals surface area (Å²) in [6.45, 7) is 2.88. The van der Waals surface area contributed by atoms with Crippen molar-refractivity contribution in [1.82, 2.24) is 0 Å². The molecule has 0 fully saturated rings. The van der Waals surface area contributed by atoms with Crippen LogP contribution in [0, 0.1) is 5.82 Å². The summed E-state index contributed by atoms with van der Waals surface area (Å²) in [5.74, 6) is -2.50. The molecule has 2 aromatic rings. The zero-order valence-electron chi connectivity index (χ0n) is 14.3. The normalized spacial score (nSPS) is 10.4. The fourth-order valence-corrected chi connectivity index (χ4v) is 2.41. The third kappa shape index (κ3) is 4.56. The minimum absolute atomic E-state index is 0.0365. The number of carbonyl (C=O) groups excluding carboxylic acids is 1. The number of carboxylic acid groups (broad SMARTS) is 1. The standard InChI is InChI=1S/C19H21FN2O3/c1-3-4-11-22(2)13-9-10-17(15(12-13)19(24)25)21-18(23)14-7-5-6-8-16(14)20/h5-10,12H,3-4,11H2,1-2H3,(H,21,23)(H,24,25). The van der Waals surface area contributed by atoms with E-state index >= 15 is 0 Å². The lowest BCUT2D eigenvalue weighted by Crippen LogP contribution is -2.20. The fraction of sp³-hybridized carbons (Fsp3) is 0.263. The van der Waals surface area contributed by atoms with Crippen molar-refractivity contribution in [1.29, 1.82) is 0 Å². The molecule has 0 atom stereocenters. The Morgan fingerprint density at radius 1 is 1.16 bits per heavy atom. The van der Waals surface area contributed by atoms with E-state index in [9.17, 15) is 19.1 Å². The molecule has 0 heterocycles. The average molecular weight is 344 g/mol. The predicted molar refractivity (Wildman–Crippen MR) is 95.9 cm³/mol. The van der Waals surface area contributed by atoms with Crippen LogP contribution < -0.4 is 10.2 Å². The molecule has 0 radical (unpaired) electrons. The lowest BCUT2D eigenvalue weighted by Gasteiger charge is -2.20. The number of aromatic carboxylic acids is 1. The largest absolute Gasteiger partial charge is 0.478 e. The van der Waals surface area contributed by atoms with Gasteiger partial charge in [-0.15, -0.1) is 0 Å². The predicted octanol–water partition coefficient (Wildman–Crippen LogP) is 4.01. The van der Waals surface area contributed by atoms with E-state index < -0.39 is 17.7 Å². The summed E-state index contributed by atoms with van der Waals surface area (Å²) in [5, 5.41) is 11.9. The highest BCUT2D eigenvalue weighted by atomic mass is 19.1. The molecule has 0 aliphatic heterocycles. The van der Waals surface area contributed by atoms with Gasteiger partial charge in [0.15, 0.2) is 0 Å². The van der Waals surface area contributed by atoms with Crippen LogP contribution in [0.4, 0.5) is 15.8 Å². The Labute approximate surface area is 146 Å². The van der Waals surface area contributed by atoms with Crippen molar-refractivity contribution in [2.45, 2.75) is 19.8 Å². The number of rotatable bonds is 7. The van der Waals surface area contributed by atoms with Crippen molar-refractivity contribution >= 4 is 23.3 Å². The maximum Gasteiger partial charge on any atom is 0.337 e. The van der Waals surface area contributed by atoms with E-state index in [1.165, 1.54) is 30.3 Å². The number of carboxylic acids is 1. The molecule has 0 aliphatic rings. The summed E-state index contributed by atoms with van der Waals surface area (Å²) in [7, 11) is 1.88. The summed E-state index contributed by atoms with van der Waals surface area (Å²) in [6.07, 6.45) is 2.03. The van der Waals surface area contributed by atoms with Gasteiger partial charge in [-0.05, 0) is 36.8 Å². The summed E-state index contributed by atoms with van der Waals surface area (Å²) < 4.78 is 13.7. The third-order valence-corrected chi connectivity index (χ3v) is 3.89. The molecule has 0 saturated carbocycles. The Kier molecular flexibility index (Phi) is 6.11. The molecule has 0 aliphatic carbocycles. The second-order valence-electron chi connectivity index (χ2n) is 5.74. The van der Waals surface area contributed by atoms with Crippen LogP contribution in [-0.2, 0) is 0 Å². The number of unbranched alkanes of at least 4 members (excludes halogenated alkanes) is 1. The van der Waals surface area contributed by atoms with Gasteiger partial charge in [0.2, 0.25) is 0 Å². The number of benzene rings is 2. The van der Waals surface area contributed by atoms with Crippen molar-refractivity contribution in [3.63, 3.8) is 0 Å². The number of halogens is 1.